The van der Waals surface area contributed by atoms with Crippen LogP contribution in [0.5, 0.6) is 0 Å². The van der Waals surface area contributed by atoms with Crippen LogP contribution in [0.3, 0.4) is 0 Å². The zero-order chi connectivity index (χ0) is 23.6. The second kappa shape index (κ2) is 7.93. The van der Waals surface area contributed by atoms with E-state index in [9.17, 15) is 14.7 Å². The Morgan fingerprint density at radius 2 is 1.82 bits per heavy atom. The van der Waals surface area contributed by atoms with Crippen LogP contribution in [0.2, 0.25) is 0 Å². The molecule has 0 bridgehead atoms. The molecule has 0 aromatic carbocycles. The number of Topliss-reactive ketones (excluding diaryl/α,β-unsaturated/α-hetero) is 1. The minimum atomic E-state index is -0.495. The maximum Gasteiger partial charge on any atom is 0.341 e. The van der Waals surface area contributed by atoms with Crippen molar-refractivity contribution < 1.29 is 19.4 Å². The van der Waals surface area contributed by atoms with Gasteiger partial charge in [0.25, 0.3) is 0 Å². The van der Waals surface area contributed by atoms with E-state index >= 15 is 0 Å². The van der Waals surface area contributed by atoms with Crippen LogP contribution >= 0.6 is 0 Å². The van der Waals surface area contributed by atoms with Crippen molar-refractivity contribution in [1.29, 1.82) is 0 Å². The van der Waals surface area contributed by atoms with Gasteiger partial charge in [0.2, 0.25) is 0 Å². The molecule has 6 nitrogen and oxygen atoms in total. The lowest BCUT2D eigenvalue weighted by molar-refractivity contribution is -0.151. The highest BCUT2D eigenvalue weighted by Gasteiger charge is 2.61. The van der Waals surface area contributed by atoms with Crippen LogP contribution in [0, 0.1) is 40.4 Å². The van der Waals surface area contributed by atoms with Gasteiger partial charge in [0, 0.05) is 12.1 Å². The standard InChI is InChI=1S/C27H40N2O4/c1-25(32)11-12-26(2)18(13-25)5-6-19-20-7-8-22(27(20,3)10-9-21(19)26)23(30)16-29-15-17(14-28-29)24(31)33-4/h14-15,18-22,32H,5-13,16H2,1-4H3/t18-,19-,20-,21-,22+,25+,26-,27-/m0/s1. The number of aliphatic hydroxyl groups is 1. The third-order valence-corrected chi connectivity index (χ3v) is 10.7. The lowest BCUT2D eigenvalue weighted by Gasteiger charge is -2.61. The molecule has 4 aliphatic carbocycles. The molecule has 0 spiro atoms. The Morgan fingerprint density at radius 1 is 1.06 bits per heavy atom. The molecular weight excluding hydrogens is 416 g/mol. The maximum absolute atomic E-state index is 13.4. The summed E-state index contributed by atoms with van der Waals surface area (Å²) in [5.41, 5.74) is 0.303. The Hall–Kier alpha value is -1.69. The fraction of sp³-hybridized carbons (Fsp3) is 0.815. The molecule has 1 aromatic heterocycles. The average Bonchev–Trinajstić information content (AvgIpc) is 3.37. The summed E-state index contributed by atoms with van der Waals surface area (Å²) in [6, 6.07) is 0. The number of methoxy groups -OCH3 is 1. The number of carbonyl (C=O) groups excluding carboxylic acids is 2. The van der Waals surface area contributed by atoms with E-state index in [2.05, 4.69) is 18.9 Å². The first kappa shape index (κ1) is 23.1. The summed E-state index contributed by atoms with van der Waals surface area (Å²) in [6.45, 7) is 7.15. The smallest absolute Gasteiger partial charge is 0.341 e. The van der Waals surface area contributed by atoms with Crippen LogP contribution in [0.25, 0.3) is 0 Å². The van der Waals surface area contributed by atoms with Crippen molar-refractivity contribution in [2.24, 2.45) is 40.4 Å². The van der Waals surface area contributed by atoms with Crippen molar-refractivity contribution in [2.45, 2.75) is 90.7 Å². The molecule has 1 N–H and O–H groups in total. The molecule has 4 aliphatic rings. The summed E-state index contributed by atoms with van der Waals surface area (Å²) < 4.78 is 6.35. The largest absolute Gasteiger partial charge is 0.465 e. The molecule has 33 heavy (non-hydrogen) atoms. The lowest BCUT2D eigenvalue weighted by Crippen LogP contribution is -2.55. The average molecular weight is 457 g/mol. The Morgan fingerprint density at radius 3 is 2.58 bits per heavy atom. The minimum Gasteiger partial charge on any atom is -0.465 e. The third kappa shape index (κ3) is 3.67. The molecule has 0 amide bonds. The second-order valence-corrected chi connectivity index (χ2v) is 12.4. The van der Waals surface area contributed by atoms with Gasteiger partial charge in [-0.1, -0.05) is 13.8 Å². The number of ether oxygens (including phenoxy) is 1. The fourth-order valence-electron chi connectivity index (χ4n) is 8.90. The highest BCUT2D eigenvalue weighted by molar-refractivity contribution is 5.89. The predicted molar refractivity (Wildman–Crippen MR) is 124 cm³/mol. The van der Waals surface area contributed by atoms with Gasteiger partial charge in [-0.25, -0.2) is 4.79 Å². The van der Waals surface area contributed by atoms with Crippen LogP contribution < -0.4 is 0 Å². The molecule has 0 aliphatic heterocycles. The Balaban J connectivity index is 1.31. The van der Waals surface area contributed by atoms with Crippen molar-refractivity contribution in [1.82, 2.24) is 9.78 Å². The van der Waals surface area contributed by atoms with Gasteiger partial charge in [0.15, 0.2) is 5.78 Å². The van der Waals surface area contributed by atoms with Gasteiger partial charge in [0.05, 0.1) is 31.0 Å². The van der Waals surface area contributed by atoms with Gasteiger partial charge in [-0.3, -0.25) is 9.48 Å². The second-order valence-electron chi connectivity index (χ2n) is 12.4. The van der Waals surface area contributed by atoms with Crippen LogP contribution in [0.1, 0.15) is 88.9 Å². The van der Waals surface area contributed by atoms with Gasteiger partial charge < -0.3 is 9.84 Å². The summed E-state index contributed by atoms with van der Waals surface area (Å²) in [6.07, 6.45) is 13.1. The Bertz CT molecular complexity index is 938. The van der Waals surface area contributed by atoms with Crippen LogP contribution in [0.4, 0.5) is 0 Å². The Labute approximate surface area is 197 Å². The quantitative estimate of drug-likeness (QED) is 0.667. The van der Waals surface area contributed by atoms with E-state index in [-0.39, 0.29) is 23.7 Å². The van der Waals surface area contributed by atoms with Crippen LogP contribution in [-0.2, 0) is 16.1 Å². The number of carbonyl (C=O) groups is 2. The monoisotopic (exact) mass is 456 g/mol. The van der Waals surface area contributed by atoms with Crippen LogP contribution in [-0.4, -0.2) is 39.4 Å². The van der Waals surface area contributed by atoms with Crippen molar-refractivity contribution in [3.8, 4) is 0 Å². The summed E-state index contributed by atoms with van der Waals surface area (Å²) >= 11 is 0. The summed E-state index contributed by atoms with van der Waals surface area (Å²) in [5.74, 6) is 2.60. The SMILES string of the molecule is COC(=O)c1cnn(CC(=O)[C@H]2CC[C@H]3[C@@H]4CC[C@H]5C[C@](C)(O)CC[C@]5(C)[C@H]4CC[C@]23C)c1. The number of nitrogens with zero attached hydrogens (tertiary/aromatic N) is 2. The third-order valence-electron chi connectivity index (χ3n) is 10.7. The molecule has 4 fully saturated rings. The van der Waals surface area contributed by atoms with Crippen LogP contribution in [0.15, 0.2) is 12.4 Å². The van der Waals surface area contributed by atoms with E-state index in [0.29, 0.717) is 28.7 Å². The molecule has 0 saturated heterocycles. The number of hydrogen-bond acceptors (Lipinski definition) is 5. The van der Waals surface area contributed by atoms with Gasteiger partial charge in [0.1, 0.15) is 0 Å². The zero-order valence-electron chi connectivity index (χ0n) is 20.7. The molecule has 4 saturated carbocycles. The highest BCUT2D eigenvalue weighted by Crippen LogP contribution is 2.68. The molecule has 1 heterocycles. The number of ketones is 1. The number of fused-ring (bicyclic) bond motifs is 5. The molecule has 0 unspecified atom stereocenters. The zero-order valence-corrected chi connectivity index (χ0v) is 20.7. The minimum absolute atomic E-state index is 0.0694. The van der Waals surface area contributed by atoms with E-state index in [1.54, 1.807) is 10.9 Å². The van der Waals surface area contributed by atoms with E-state index in [1.807, 2.05) is 6.92 Å². The first-order chi connectivity index (χ1) is 15.6. The number of rotatable bonds is 4. The lowest BCUT2D eigenvalue weighted by atomic mass is 9.44. The van der Waals surface area contributed by atoms with E-state index in [1.165, 1.54) is 32.6 Å². The van der Waals surface area contributed by atoms with Gasteiger partial charge in [-0.15, -0.1) is 0 Å². The van der Waals surface area contributed by atoms with Crippen molar-refractivity contribution in [3.63, 3.8) is 0 Å². The molecular formula is C27H40N2O4. The molecule has 0 radical (unpaired) electrons. The van der Waals surface area contributed by atoms with Crippen molar-refractivity contribution in [3.05, 3.63) is 18.0 Å². The van der Waals surface area contributed by atoms with Gasteiger partial charge in [-0.05, 0) is 99.2 Å². The number of aromatic nitrogens is 2. The normalized spacial score (nSPS) is 44.5. The molecule has 6 heteroatoms. The maximum atomic E-state index is 13.4. The fourth-order valence-corrected chi connectivity index (χ4v) is 8.90. The topological polar surface area (TPSA) is 81.4 Å². The predicted octanol–water partition coefficient (Wildman–Crippen LogP) is 4.65. The van der Waals surface area contributed by atoms with E-state index in [4.69, 9.17) is 4.74 Å². The first-order valence-electron chi connectivity index (χ1n) is 12.9. The van der Waals surface area contributed by atoms with Gasteiger partial charge >= 0.3 is 5.97 Å². The van der Waals surface area contributed by atoms with Gasteiger partial charge in [-0.2, -0.15) is 5.10 Å². The molecule has 5 rings (SSSR count). The number of hydrogen-bond donors (Lipinski definition) is 1. The molecule has 8 atom stereocenters. The highest BCUT2D eigenvalue weighted by atomic mass is 16.5. The van der Waals surface area contributed by atoms with Crippen molar-refractivity contribution in [2.75, 3.05) is 7.11 Å². The summed E-state index contributed by atoms with van der Waals surface area (Å²) in [7, 11) is 1.35. The van der Waals surface area contributed by atoms with Crippen molar-refractivity contribution >= 4 is 11.8 Å². The first-order valence-corrected chi connectivity index (χ1v) is 12.9. The Kier molecular flexibility index (Phi) is 5.54. The van der Waals surface area contributed by atoms with E-state index < -0.39 is 11.6 Å². The number of esters is 1. The molecule has 1 aromatic rings. The summed E-state index contributed by atoms with van der Waals surface area (Å²) in [5, 5.41) is 14.9. The van der Waals surface area contributed by atoms with E-state index in [0.717, 1.165) is 44.4 Å². The molecule has 182 valence electrons. The summed E-state index contributed by atoms with van der Waals surface area (Å²) in [4.78, 5) is 25.2.